The number of anilines is 1. The molecule has 1 heterocycles. The average molecular weight is 396 g/mol. The molecule has 3 rings (SSSR count). The lowest BCUT2D eigenvalue weighted by atomic mass is 10.1. The van der Waals surface area contributed by atoms with Gasteiger partial charge >= 0.3 is 0 Å². The molecule has 0 aliphatic carbocycles. The Balaban J connectivity index is 1.74. The van der Waals surface area contributed by atoms with Crippen LogP contribution in [0, 0.1) is 11.3 Å². The number of carbonyl (C=O) groups excluding carboxylic acids is 1. The fourth-order valence-electron chi connectivity index (χ4n) is 2.81. The smallest absolute Gasteiger partial charge is 0.262 e. The molecule has 28 heavy (non-hydrogen) atoms. The van der Waals surface area contributed by atoms with E-state index in [1.165, 1.54) is 12.1 Å². The highest BCUT2D eigenvalue weighted by molar-refractivity contribution is 7.90. The molecule has 7 nitrogen and oxygen atoms in total. The Morgan fingerprint density at radius 1 is 1.07 bits per heavy atom. The van der Waals surface area contributed by atoms with Crippen molar-refractivity contribution in [3.05, 3.63) is 59.7 Å². The van der Waals surface area contributed by atoms with Gasteiger partial charge < -0.3 is 5.32 Å². The Hall–Kier alpha value is -3.18. The number of nitrogens with one attached hydrogen (secondary N) is 2. The fraction of sp³-hybridized carbons (Fsp3) is 0.250. The van der Waals surface area contributed by atoms with Gasteiger partial charge in [0.2, 0.25) is 0 Å². The maximum atomic E-state index is 12.7. The first-order valence-corrected chi connectivity index (χ1v) is 10.4. The van der Waals surface area contributed by atoms with Crippen LogP contribution < -0.4 is 10.0 Å². The molecule has 0 spiro atoms. The predicted molar refractivity (Wildman–Crippen MR) is 107 cm³/mol. The van der Waals surface area contributed by atoms with Gasteiger partial charge in [-0.1, -0.05) is 12.5 Å². The first-order chi connectivity index (χ1) is 13.5. The van der Waals surface area contributed by atoms with E-state index in [2.05, 4.69) is 15.0 Å². The number of amides is 1. The molecule has 0 fully saturated rings. The van der Waals surface area contributed by atoms with Gasteiger partial charge in [0.05, 0.1) is 16.5 Å². The van der Waals surface area contributed by atoms with Crippen molar-refractivity contribution in [2.24, 2.45) is 4.99 Å². The zero-order valence-corrected chi connectivity index (χ0v) is 16.0. The summed E-state index contributed by atoms with van der Waals surface area (Å²) in [5.74, 6) is 0.0876. The number of nitriles is 1. The minimum atomic E-state index is -3.78. The second-order valence-corrected chi connectivity index (χ2v) is 8.10. The maximum absolute atomic E-state index is 12.7. The van der Waals surface area contributed by atoms with E-state index >= 15 is 0 Å². The Labute approximate surface area is 164 Å². The largest absolute Gasteiger partial charge is 0.322 e. The molecule has 144 valence electrons. The zero-order valence-electron chi connectivity index (χ0n) is 15.2. The van der Waals surface area contributed by atoms with Gasteiger partial charge in [0.15, 0.2) is 0 Å². The van der Waals surface area contributed by atoms with Crippen LogP contribution in [-0.4, -0.2) is 26.7 Å². The van der Waals surface area contributed by atoms with E-state index in [4.69, 9.17) is 5.26 Å². The van der Waals surface area contributed by atoms with Gasteiger partial charge in [-0.15, -0.1) is 0 Å². The highest BCUT2D eigenvalue weighted by atomic mass is 32.2. The summed E-state index contributed by atoms with van der Waals surface area (Å²) in [5, 5.41) is 11.5. The number of sulfonamides is 1. The van der Waals surface area contributed by atoms with Crippen LogP contribution in [0.15, 0.2) is 58.4 Å². The van der Waals surface area contributed by atoms with Crippen molar-refractivity contribution >= 4 is 27.5 Å². The number of carbonyl (C=O) groups is 1. The molecule has 0 unspecified atom stereocenters. The molecule has 0 atom stereocenters. The summed E-state index contributed by atoms with van der Waals surface area (Å²) >= 11 is 0. The van der Waals surface area contributed by atoms with E-state index in [0.29, 0.717) is 35.6 Å². The molecule has 0 radical (unpaired) electrons. The highest BCUT2D eigenvalue weighted by Crippen LogP contribution is 2.17. The highest BCUT2D eigenvalue weighted by Gasteiger charge is 2.18. The quantitative estimate of drug-likeness (QED) is 0.827. The summed E-state index contributed by atoms with van der Waals surface area (Å²) in [4.78, 5) is 16.7. The number of aliphatic imine (C=N–C) groups is 1. The lowest BCUT2D eigenvalue weighted by molar-refractivity contribution is 0.102. The fourth-order valence-corrected chi connectivity index (χ4v) is 3.95. The minimum absolute atomic E-state index is 0.0528. The number of hydrogen-bond acceptors (Lipinski definition) is 5. The third-order valence-electron chi connectivity index (χ3n) is 4.30. The number of rotatable bonds is 4. The van der Waals surface area contributed by atoms with Crippen LogP contribution >= 0.6 is 0 Å². The first-order valence-electron chi connectivity index (χ1n) is 8.96. The standard InChI is InChI=1S/C20H20N4O3S/c21-14-15-8-10-16(11-9-15)20(25)23-17-5-4-6-18(13-17)28(26,27)24-19-7-2-1-3-12-22-19/h4-6,8-11,13H,1-3,7,12H2,(H,22,24)(H,23,25). The summed E-state index contributed by atoms with van der Waals surface area (Å²) in [6.45, 7) is 0.624. The van der Waals surface area contributed by atoms with Crippen LogP contribution in [-0.2, 0) is 10.0 Å². The Morgan fingerprint density at radius 2 is 1.86 bits per heavy atom. The molecule has 1 aliphatic rings. The Morgan fingerprint density at radius 3 is 2.61 bits per heavy atom. The average Bonchev–Trinajstić information content (AvgIpc) is 2.96. The van der Waals surface area contributed by atoms with Gasteiger partial charge in [-0.05, 0) is 55.3 Å². The molecule has 0 aromatic heterocycles. The van der Waals surface area contributed by atoms with Crippen molar-refractivity contribution in [1.82, 2.24) is 4.72 Å². The molecular weight excluding hydrogens is 376 g/mol. The minimum Gasteiger partial charge on any atom is -0.322 e. The number of hydrogen-bond donors (Lipinski definition) is 2. The van der Waals surface area contributed by atoms with Crippen LogP contribution in [0.1, 0.15) is 41.6 Å². The van der Waals surface area contributed by atoms with E-state index in [1.807, 2.05) is 6.07 Å². The van der Waals surface area contributed by atoms with Gasteiger partial charge in [-0.25, -0.2) is 8.42 Å². The summed E-state index contributed by atoms with van der Waals surface area (Å²) in [5.41, 5.74) is 1.19. The third kappa shape index (κ3) is 4.96. The van der Waals surface area contributed by atoms with Crippen molar-refractivity contribution in [1.29, 1.82) is 5.26 Å². The van der Waals surface area contributed by atoms with Gasteiger partial charge in [0, 0.05) is 24.2 Å². The van der Waals surface area contributed by atoms with Crippen molar-refractivity contribution in [3.63, 3.8) is 0 Å². The second kappa shape index (κ2) is 8.67. The summed E-state index contributed by atoms with van der Waals surface area (Å²) in [6.07, 6.45) is 3.50. The van der Waals surface area contributed by atoms with Crippen molar-refractivity contribution in [2.75, 3.05) is 11.9 Å². The van der Waals surface area contributed by atoms with Crippen molar-refractivity contribution in [3.8, 4) is 6.07 Å². The van der Waals surface area contributed by atoms with Crippen LogP contribution in [0.25, 0.3) is 0 Å². The number of nitrogens with zero attached hydrogens (tertiary/aromatic N) is 2. The molecule has 1 amide bonds. The topological polar surface area (TPSA) is 111 Å². The van der Waals surface area contributed by atoms with E-state index < -0.39 is 10.0 Å². The van der Waals surface area contributed by atoms with Crippen molar-refractivity contribution in [2.45, 2.75) is 30.6 Å². The Bertz CT molecular complexity index is 1040. The third-order valence-corrected chi connectivity index (χ3v) is 5.68. The van der Waals surface area contributed by atoms with Crippen molar-refractivity contribution < 1.29 is 13.2 Å². The number of amidine groups is 1. The zero-order chi connectivity index (χ0) is 20.0. The molecule has 8 heteroatoms. The van der Waals surface area contributed by atoms with Crippen LogP contribution in [0.3, 0.4) is 0 Å². The summed E-state index contributed by atoms with van der Waals surface area (Å²) < 4.78 is 27.9. The van der Waals surface area contributed by atoms with Gasteiger partial charge in [0.25, 0.3) is 15.9 Å². The monoisotopic (exact) mass is 396 g/mol. The number of benzene rings is 2. The van der Waals surface area contributed by atoms with E-state index in [-0.39, 0.29) is 10.8 Å². The molecule has 1 aliphatic heterocycles. The summed E-state index contributed by atoms with van der Waals surface area (Å²) in [7, 11) is -3.78. The Kier molecular flexibility index (Phi) is 6.06. The van der Waals surface area contributed by atoms with Gasteiger partial charge in [-0.3, -0.25) is 14.5 Å². The lowest BCUT2D eigenvalue weighted by Crippen LogP contribution is -2.30. The maximum Gasteiger partial charge on any atom is 0.262 e. The van der Waals surface area contributed by atoms with Crippen LogP contribution in [0.5, 0.6) is 0 Å². The van der Waals surface area contributed by atoms with E-state index in [1.54, 1.807) is 36.4 Å². The van der Waals surface area contributed by atoms with Gasteiger partial charge in [-0.2, -0.15) is 5.26 Å². The lowest BCUT2D eigenvalue weighted by Gasteiger charge is -2.11. The van der Waals surface area contributed by atoms with Crippen LogP contribution in [0.4, 0.5) is 5.69 Å². The van der Waals surface area contributed by atoms with E-state index in [0.717, 1.165) is 19.3 Å². The second-order valence-electron chi connectivity index (χ2n) is 6.42. The van der Waals surface area contributed by atoms with Gasteiger partial charge in [0.1, 0.15) is 5.84 Å². The molecule has 0 saturated heterocycles. The molecular formula is C20H20N4O3S. The molecule has 0 saturated carbocycles. The van der Waals surface area contributed by atoms with Crippen LogP contribution in [0.2, 0.25) is 0 Å². The molecule has 2 N–H and O–H groups in total. The SMILES string of the molecule is N#Cc1ccc(C(=O)Nc2cccc(S(=O)(=O)NC3=NCCCCC3)c2)cc1. The normalized spacial score (nSPS) is 14.3. The molecule has 2 aromatic carbocycles. The molecule has 2 aromatic rings. The molecule has 0 bridgehead atoms. The van der Waals surface area contributed by atoms with E-state index in [9.17, 15) is 13.2 Å². The first kappa shape index (κ1) is 19.6. The summed E-state index contributed by atoms with van der Waals surface area (Å²) in [6, 6.07) is 14.2. The predicted octanol–water partition coefficient (Wildman–Crippen LogP) is 3.06.